The SMILES string of the molecule is CN(Cc1nccs1)CC1(O)CCCN(c2ccc(-c3ccccc3)nn2)C1. The molecule has 1 N–H and O–H groups in total. The Morgan fingerprint density at radius 3 is 2.75 bits per heavy atom. The molecule has 2 aromatic heterocycles. The highest BCUT2D eigenvalue weighted by atomic mass is 32.1. The monoisotopic (exact) mass is 395 g/mol. The van der Waals surface area contributed by atoms with Gasteiger partial charge in [0.05, 0.1) is 17.8 Å². The molecular formula is C21H25N5OS. The average molecular weight is 396 g/mol. The zero-order chi connectivity index (χ0) is 19.4. The van der Waals surface area contributed by atoms with Crippen LogP contribution in [0.1, 0.15) is 17.8 Å². The van der Waals surface area contributed by atoms with Gasteiger partial charge < -0.3 is 10.0 Å². The predicted molar refractivity (Wildman–Crippen MR) is 112 cm³/mol. The minimum atomic E-state index is -0.760. The Labute approximate surface area is 169 Å². The van der Waals surface area contributed by atoms with E-state index in [1.165, 1.54) is 0 Å². The molecule has 3 aromatic rings. The van der Waals surface area contributed by atoms with Gasteiger partial charge in [0.15, 0.2) is 5.82 Å². The number of thiazole rings is 1. The summed E-state index contributed by atoms with van der Waals surface area (Å²) in [4.78, 5) is 8.62. The van der Waals surface area contributed by atoms with Crippen LogP contribution >= 0.6 is 11.3 Å². The van der Waals surface area contributed by atoms with Crippen molar-refractivity contribution in [3.05, 3.63) is 59.0 Å². The topological polar surface area (TPSA) is 65.4 Å². The van der Waals surface area contributed by atoms with E-state index in [0.29, 0.717) is 13.1 Å². The van der Waals surface area contributed by atoms with Gasteiger partial charge in [-0.3, -0.25) is 4.90 Å². The van der Waals surface area contributed by atoms with Crippen molar-refractivity contribution in [1.29, 1.82) is 0 Å². The Morgan fingerprint density at radius 1 is 1.18 bits per heavy atom. The van der Waals surface area contributed by atoms with Gasteiger partial charge in [0, 0.05) is 36.8 Å². The highest BCUT2D eigenvalue weighted by Gasteiger charge is 2.35. The largest absolute Gasteiger partial charge is 0.387 e. The number of benzene rings is 1. The molecule has 0 amide bonds. The van der Waals surface area contributed by atoms with Gasteiger partial charge in [-0.05, 0) is 32.0 Å². The van der Waals surface area contributed by atoms with Crippen LogP contribution in [-0.4, -0.2) is 57.5 Å². The van der Waals surface area contributed by atoms with Crippen molar-refractivity contribution < 1.29 is 5.11 Å². The van der Waals surface area contributed by atoms with Gasteiger partial charge in [-0.25, -0.2) is 4.98 Å². The summed E-state index contributed by atoms with van der Waals surface area (Å²) in [7, 11) is 2.03. The Hall–Kier alpha value is -2.35. The van der Waals surface area contributed by atoms with Crippen molar-refractivity contribution in [1.82, 2.24) is 20.1 Å². The molecule has 1 aliphatic rings. The fraction of sp³-hybridized carbons (Fsp3) is 0.381. The quantitative estimate of drug-likeness (QED) is 0.692. The number of aromatic nitrogens is 3. The molecule has 7 heteroatoms. The molecule has 0 bridgehead atoms. The lowest BCUT2D eigenvalue weighted by molar-refractivity contribution is -0.00351. The molecule has 146 valence electrons. The zero-order valence-electron chi connectivity index (χ0n) is 16.0. The van der Waals surface area contributed by atoms with Crippen LogP contribution in [0.3, 0.4) is 0 Å². The first-order valence-electron chi connectivity index (χ1n) is 9.55. The Kier molecular flexibility index (Phi) is 5.66. The Morgan fingerprint density at radius 2 is 2.04 bits per heavy atom. The molecule has 6 nitrogen and oxygen atoms in total. The minimum absolute atomic E-state index is 0.564. The van der Waals surface area contributed by atoms with Gasteiger partial charge in [-0.2, -0.15) is 0 Å². The molecule has 1 fully saturated rings. The summed E-state index contributed by atoms with van der Waals surface area (Å²) in [5.74, 6) is 0.820. The smallest absolute Gasteiger partial charge is 0.151 e. The maximum absolute atomic E-state index is 11.2. The molecule has 1 aromatic carbocycles. The van der Waals surface area contributed by atoms with Crippen molar-refractivity contribution in [2.75, 3.05) is 31.6 Å². The lowest BCUT2D eigenvalue weighted by Gasteiger charge is -2.41. The van der Waals surface area contributed by atoms with Crippen molar-refractivity contribution in [3.8, 4) is 11.3 Å². The summed E-state index contributed by atoms with van der Waals surface area (Å²) in [5, 5.41) is 23.1. The third-order valence-electron chi connectivity index (χ3n) is 5.05. The molecule has 1 aliphatic heterocycles. The Bertz CT molecular complexity index is 872. The van der Waals surface area contributed by atoms with E-state index in [2.05, 4.69) is 25.0 Å². The van der Waals surface area contributed by atoms with Gasteiger partial charge in [-0.15, -0.1) is 21.5 Å². The van der Waals surface area contributed by atoms with E-state index in [1.54, 1.807) is 11.3 Å². The van der Waals surface area contributed by atoms with E-state index in [1.807, 2.05) is 61.1 Å². The molecule has 0 radical (unpaired) electrons. The first-order valence-corrected chi connectivity index (χ1v) is 10.4. The zero-order valence-corrected chi connectivity index (χ0v) is 16.8. The van der Waals surface area contributed by atoms with Crippen LogP contribution in [0, 0.1) is 0 Å². The second kappa shape index (κ2) is 8.34. The van der Waals surface area contributed by atoms with E-state index in [4.69, 9.17) is 0 Å². The van der Waals surface area contributed by atoms with Crippen LogP contribution in [0.25, 0.3) is 11.3 Å². The summed E-state index contributed by atoms with van der Waals surface area (Å²) in [6.45, 7) is 2.82. The molecule has 28 heavy (non-hydrogen) atoms. The summed E-state index contributed by atoms with van der Waals surface area (Å²) in [6, 6.07) is 14.0. The lowest BCUT2D eigenvalue weighted by atomic mass is 9.92. The number of hydrogen-bond acceptors (Lipinski definition) is 7. The van der Waals surface area contributed by atoms with Crippen LogP contribution in [0.4, 0.5) is 5.82 Å². The van der Waals surface area contributed by atoms with Crippen LogP contribution in [0.15, 0.2) is 54.0 Å². The fourth-order valence-electron chi connectivity index (χ4n) is 3.81. The van der Waals surface area contributed by atoms with Crippen molar-refractivity contribution in [2.24, 2.45) is 0 Å². The second-order valence-electron chi connectivity index (χ2n) is 7.49. The van der Waals surface area contributed by atoms with Gasteiger partial charge >= 0.3 is 0 Å². The standard InChI is InChI=1S/C21H25N5OS/c1-25(14-20-22-11-13-28-20)15-21(27)10-5-12-26(16-21)19-9-8-18(23-24-19)17-6-3-2-4-7-17/h2-4,6-9,11,13,27H,5,10,12,14-16H2,1H3. The molecule has 0 spiro atoms. The van der Waals surface area contributed by atoms with Crippen LogP contribution in [-0.2, 0) is 6.54 Å². The van der Waals surface area contributed by atoms with E-state index in [0.717, 1.165) is 48.0 Å². The second-order valence-corrected chi connectivity index (χ2v) is 8.47. The van der Waals surface area contributed by atoms with Crippen molar-refractivity contribution in [3.63, 3.8) is 0 Å². The Balaban J connectivity index is 1.41. The molecule has 0 aliphatic carbocycles. The highest BCUT2D eigenvalue weighted by Crippen LogP contribution is 2.27. The first-order chi connectivity index (χ1) is 13.6. The number of piperidine rings is 1. The summed E-state index contributed by atoms with van der Waals surface area (Å²) in [6.07, 6.45) is 3.55. The van der Waals surface area contributed by atoms with Gasteiger partial charge in [0.25, 0.3) is 0 Å². The molecule has 1 unspecified atom stereocenters. The number of rotatable bonds is 6. The number of β-amino-alcohol motifs (C(OH)–C–C–N with tert-alkyl or cyclic N) is 1. The van der Waals surface area contributed by atoms with E-state index < -0.39 is 5.60 Å². The third kappa shape index (κ3) is 4.55. The van der Waals surface area contributed by atoms with Crippen LogP contribution in [0.5, 0.6) is 0 Å². The number of anilines is 1. The summed E-state index contributed by atoms with van der Waals surface area (Å²) < 4.78 is 0. The number of likely N-dealkylation sites (N-methyl/N-ethyl adjacent to an activating group) is 1. The first kappa shape index (κ1) is 19.0. The third-order valence-corrected chi connectivity index (χ3v) is 5.82. The normalized spacial score (nSPS) is 19.9. The van der Waals surface area contributed by atoms with Gasteiger partial charge in [0.1, 0.15) is 5.01 Å². The van der Waals surface area contributed by atoms with E-state index >= 15 is 0 Å². The molecule has 0 saturated carbocycles. The number of hydrogen-bond donors (Lipinski definition) is 1. The molecule has 3 heterocycles. The van der Waals surface area contributed by atoms with Gasteiger partial charge in [0.2, 0.25) is 0 Å². The summed E-state index contributed by atoms with van der Waals surface area (Å²) in [5.41, 5.74) is 1.16. The molecule has 1 atom stereocenters. The lowest BCUT2D eigenvalue weighted by Crippen LogP contribution is -2.54. The highest BCUT2D eigenvalue weighted by molar-refractivity contribution is 7.09. The number of aliphatic hydroxyl groups is 1. The van der Waals surface area contributed by atoms with E-state index in [9.17, 15) is 5.11 Å². The number of nitrogens with zero attached hydrogens (tertiary/aromatic N) is 5. The van der Waals surface area contributed by atoms with Crippen LogP contribution < -0.4 is 4.90 Å². The van der Waals surface area contributed by atoms with Crippen molar-refractivity contribution >= 4 is 17.2 Å². The van der Waals surface area contributed by atoms with E-state index in [-0.39, 0.29) is 0 Å². The minimum Gasteiger partial charge on any atom is -0.387 e. The summed E-state index contributed by atoms with van der Waals surface area (Å²) >= 11 is 1.65. The maximum Gasteiger partial charge on any atom is 0.151 e. The van der Waals surface area contributed by atoms with Crippen LogP contribution in [0.2, 0.25) is 0 Å². The predicted octanol–water partition coefficient (Wildman–Crippen LogP) is 3.06. The maximum atomic E-state index is 11.2. The average Bonchev–Trinajstić information content (AvgIpc) is 3.21. The molecular weight excluding hydrogens is 370 g/mol. The molecule has 4 rings (SSSR count). The molecule has 1 saturated heterocycles. The van der Waals surface area contributed by atoms with Gasteiger partial charge in [-0.1, -0.05) is 30.3 Å². The van der Waals surface area contributed by atoms with Crippen molar-refractivity contribution in [2.45, 2.75) is 25.0 Å². The fourth-order valence-corrected chi connectivity index (χ4v) is 4.51.